The van der Waals surface area contributed by atoms with Crippen molar-refractivity contribution in [3.05, 3.63) is 0 Å². The Kier molecular flexibility index (Phi) is 6.52. The molecule has 0 aliphatic rings. The third kappa shape index (κ3) is 6.53. The molecule has 5 heteroatoms. The van der Waals surface area contributed by atoms with Crippen molar-refractivity contribution in [3.63, 3.8) is 0 Å². The Morgan fingerprint density at radius 3 is 2.05 bits per heavy atom. The quantitative estimate of drug-likeness (QED) is 0.584. The van der Waals surface area contributed by atoms with Crippen molar-refractivity contribution in [3.8, 4) is 12.3 Å². The number of carbonyl (C=O) groups excluding carboxylic acids is 1. The van der Waals surface area contributed by atoms with E-state index < -0.39 is 26.1 Å². The molecule has 0 aromatic heterocycles. The molecule has 0 saturated carbocycles. The van der Waals surface area contributed by atoms with E-state index in [4.69, 9.17) is 15.6 Å². The minimum Gasteiger partial charge on any atom is -0.444 e. The molecule has 0 rings (SSSR count). The lowest BCUT2D eigenvalue weighted by Crippen LogP contribution is -2.47. The summed E-state index contributed by atoms with van der Waals surface area (Å²) >= 11 is 0. The molecule has 1 amide bonds. The second-order valence-electron chi connectivity index (χ2n) is 7.85. The van der Waals surface area contributed by atoms with Crippen LogP contribution in [0.3, 0.4) is 0 Å². The number of hydrogen-bond donors (Lipinski definition) is 0. The van der Waals surface area contributed by atoms with E-state index in [1.54, 1.807) is 7.05 Å². The Labute approximate surface area is 131 Å². The number of ether oxygens (including phenoxy) is 1. The number of rotatable bonds is 4. The number of likely N-dealkylation sites (N-methyl/N-ethyl adjacent to an activating group) is 1. The molecule has 0 saturated heterocycles. The van der Waals surface area contributed by atoms with E-state index in [2.05, 4.69) is 39.8 Å². The lowest BCUT2D eigenvalue weighted by Gasteiger charge is -2.37. The van der Waals surface area contributed by atoms with Gasteiger partial charge in [-0.05, 0) is 38.9 Å². The van der Waals surface area contributed by atoms with Gasteiger partial charge in [-0.2, -0.15) is 0 Å². The third-order valence-corrected chi connectivity index (χ3v) is 8.25. The van der Waals surface area contributed by atoms with Gasteiger partial charge in [0.25, 0.3) is 0 Å². The fraction of sp³-hybridized carbons (Fsp3) is 0.812. The summed E-state index contributed by atoms with van der Waals surface area (Å²) in [6, 6.07) is -0.422. The molecule has 0 unspecified atom stereocenters. The van der Waals surface area contributed by atoms with Crippen molar-refractivity contribution in [2.45, 2.75) is 71.3 Å². The molecule has 0 aliphatic heterocycles. The van der Waals surface area contributed by atoms with Gasteiger partial charge in [0, 0.05) is 7.05 Å². The molecule has 4 nitrogen and oxygen atoms in total. The molecular formula is C16H31NO3Si. The maximum absolute atomic E-state index is 12.0. The van der Waals surface area contributed by atoms with Gasteiger partial charge in [0.1, 0.15) is 11.6 Å². The predicted molar refractivity (Wildman–Crippen MR) is 89.8 cm³/mol. The minimum absolute atomic E-state index is 0.108. The maximum Gasteiger partial charge on any atom is 0.411 e. The van der Waals surface area contributed by atoms with Crippen molar-refractivity contribution >= 4 is 14.4 Å². The summed E-state index contributed by atoms with van der Waals surface area (Å²) < 4.78 is 11.4. The molecule has 0 aromatic rings. The van der Waals surface area contributed by atoms with Crippen molar-refractivity contribution in [2.75, 3.05) is 13.7 Å². The van der Waals surface area contributed by atoms with Gasteiger partial charge in [-0.3, -0.25) is 4.90 Å². The first-order valence-corrected chi connectivity index (χ1v) is 10.2. The summed E-state index contributed by atoms with van der Waals surface area (Å²) in [5, 5.41) is 0.108. The van der Waals surface area contributed by atoms with Gasteiger partial charge in [0.2, 0.25) is 0 Å². The Balaban J connectivity index is 4.75. The lowest BCUT2D eigenvalue weighted by atomic mass is 10.2. The number of hydrogen-bond acceptors (Lipinski definition) is 3. The molecular weight excluding hydrogens is 282 g/mol. The molecule has 0 bridgehead atoms. The van der Waals surface area contributed by atoms with E-state index in [0.29, 0.717) is 6.61 Å². The molecule has 0 N–H and O–H groups in total. The number of terminal acetylenes is 1. The fourth-order valence-corrected chi connectivity index (χ4v) is 2.24. The molecule has 0 heterocycles. The van der Waals surface area contributed by atoms with Gasteiger partial charge >= 0.3 is 6.09 Å². The second-order valence-corrected chi connectivity index (χ2v) is 12.7. The number of carbonyl (C=O) groups is 1. The highest BCUT2D eigenvalue weighted by molar-refractivity contribution is 6.74. The summed E-state index contributed by atoms with van der Waals surface area (Å²) in [5.74, 6) is 2.61. The van der Waals surface area contributed by atoms with Gasteiger partial charge in [0.15, 0.2) is 8.32 Å². The van der Waals surface area contributed by atoms with Crippen LogP contribution in [0.15, 0.2) is 0 Å². The van der Waals surface area contributed by atoms with Crippen LogP contribution in [0.1, 0.15) is 41.5 Å². The highest BCUT2D eigenvalue weighted by Gasteiger charge is 2.38. The van der Waals surface area contributed by atoms with Crippen LogP contribution in [-0.2, 0) is 9.16 Å². The average molecular weight is 314 g/mol. The van der Waals surface area contributed by atoms with Gasteiger partial charge in [-0.25, -0.2) is 4.79 Å². The summed E-state index contributed by atoms with van der Waals surface area (Å²) in [6.45, 7) is 16.6. The zero-order chi connectivity index (χ0) is 17.1. The highest BCUT2D eigenvalue weighted by Crippen LogP contribution is 2.36. The topological polar surface area (TPSA) is 38.8 Å². The molecule has 0 spiro atoms. The summed E-state index contributed by atoms with van der Waals surface area (Å²) in [7, 11) is -0.239. The van der Waals surface area contributed by atoms with Crippen molar-refractivity contribution in [1.29, 1.82) is 0 Å². The molecule has 122 valence electrons. The third-order valence-electron chi connectivity index (χ3n) is 3.75. The van der Waals surface area contributed by atoms with Crippen molar-refractivity contribution in [1.82, 2.24) is 4.90 Å². The Bertz CT molecular complexity index is 399. The second kappa shape index (κ2) is 6.84. The van der Waals surface area contributed by atoms with Crippen LogP contribution in [0.2, 0.25) is 18.1 Å². The lowest BCUT2D eigenvalue weighted by molar-refractivity contribution is 0.0223. The predicted octanol–water partition coefficient (Wildman–Crippen LogP) is 3.88. The van der Waals surface area contributed by atoms with Gasteiger partial charge < -0.3 is 9.16 Å². The largest absolute Gasteiger partial charge is 0.444 e. The van der Waals surface area contributed by atoms with E-state index in [1.165, 1.54) is 4.90 Å². The summed E-state index contributed by atoms with van der Waals surface area (Å²) in [6.07, 6.45) is 5.12. The monoisotopic (exact) mass is 313 g/mol. The van der Waals surface area contributed by atoms with E-state index in [-0.39, 0.29) is 5.04 Å². The van der Waals surface area contributed by atoms with Gasteiger partial charge in [-0.1, -0.05) is 26.7 Å². The summed E-state index contributed by atoms with van der Waals surface area (Å²) in [4.78, 5) is 13.5. The molecule has 0 radical (unpaired) electrons. The normalized spacial score (nSPS) is 14.3. The van der Waals surface area contributed by atoms with Crippen molar-refractivity contribution in [2.24, 2.45) is 0 Å². The minimum atomic E-state index is -1.89. The van der Waals surface area contributed by atoms with Crippen LogP contribution in [0.5, 0.6) is 0 Å². The first kappa shape index (κ1) is 20.0. The van der Waals surface area contributed by atoms with Gasteiger partial charge in [0.05, 0.1) is 6.61 Å². The Morgan fingerprint density at radius 2 is 1.71 bits per heavy atom. The standard InChI is InChI=1S/C16H31NO3Si/c1-11-13(12-19-21(9,10)16(5,6)7)17(8)14(18)20-15(2,3)4/h1,13H,12H2,2-10H3/t13-/m1/s1. The molecule has 0 aromatic carbocycles. The van der Waals surface area contributed by atoms with Crippen molar-refractivity contribution < 1.29 is 14.0 Å². The van der Waals surface area contributed by atoms with Crippen LogP contribution in [0.4, 0.5) is 4.79 Å². The van der Waals surface area contributed by atoms with Crippen LogP contribution in [0.25, 0.3) is 0 Å². The average Bonchev–Trinajstić information content (AvgIpc) is 2.25. The Morgan fingerprint density at radius 1 is 1.24 bits per heavy atom. The Hall–Kier alpha value is -0.993. The SMILES string of the molecule is C#C[C@H](CO[Si](C)(C)C(C)(C)C)N(C)C(=O)OC(C)(C)C. The molecule has 0 aliphatic carbocycles. The van der Waals surface area contributed by atoms with Gasteiger partial charge in [-0.15, -0.1) is 6.42 Å². The molecule has 0 fully saturated rings. The van der Waals surface area contributed by atoms with E-state index in [1.807, 2.05) is 20.8 Å². The van der Waals surface area contributed by atoms with E-state index >= 15 is 0 Å². The van der Waals surface area contributed by atoms with Crippen LogP contribution in [-0.4, -0.2) is 44.6 Å². The van der Waals surface area contributed by atoms with Crippen LogP contribution < -0.4 is 0 Å². The summed E-state index contributed by atoms with van der Waals surface area (Å²) in [5.41, 5.74) is -0.537. The number of amides is 1. The van der Waals surface area contributed by atoms with E-state index in [9.17, 15) is 4.79 Å². The fourth-order valence-electron chi connectivity index (χ4n) is 1.24. The van der Waals surface area contributed by atoms with Crippen LogP contribution >= 0.6 is 0 Å². The van der Waals surface area contributed by atoms with E-state index in [0.717, 1.165) is 0 Å². The maximum atomic E-state index is 12.0. The van der Waals surface area contributed by atoms with Crippen LogP contribution in [0, 0.1) is 12.3 Å². The molecule has 1 atom stereocenters. The first-order chi connectivity index (χ1) is 9.21. The number of nitrogens with zero attached hydrogens (tertiary/aromatic N) is 1. The molecule has 21 heavy (non-hydrogen) atoms. The first-order valence-electron chi connectivity index (χ1n) is 7.27. The zero-order valence-corrected chi connectivity index (χ0v) is 16.0. The smallest absolute Gasteiger partial charge is 0.411 e. The highest BCUT2D eigenvalue weighted by atomic mass is 28.4. The zero-order valence-electron chi connectivity index (χ0n) is 15.0.